The van der Waals surface area contributed by atoms with Crippen LogP contribution in [0.25, 0.3) is 0 Å². The maximum atomic E-state index is 13.5. The summed E-state index contributed by atoms with van der Waals surface area (Å²) in [4.78, 5) is 24.1. The second-order valence-electron chi connectivity index (χ2n) is 6.96. The van der Waals surface area contributed by atoms with Gasteiger partial charge in [0.15, 0.2) is 0 Å². The Kier molecular flexibility index (Phi) is 9.52. The normalized spacial score (nSPS) is 22.4. The van der Waals surface area contributed by atoms with Gasteiger partial charge in [0, 0.05) is 0 Å². The van der Waals surface area contributed by atoms with Gasteiger partial charge in [0.05, 0.1) is 31.4 Å². The lowest BCUT2D eigenvalue weighted by Crippen LogP contribution is -2.40. The molecule has 0 bridgehead atoms. The SMILES string of the molecule is CCOC(=O)/C=C(/CNC(CC1C[C@@H](F)[C@@H](F)C1)C(=O)OC)Oc1ccccc1Cl. The lowest BCUT2D eigenvalue weighted by Gasteiger charge is -2.21. The van der Waals surface area contributed by atoms with E-state index in [1.54, 1.807) is 31.2 Å². The van der Waals surface area contributed by atoms with Gasteiger partial charge in [-0.15, -0.1) is 0 Å². The number of nitrogens with one attached hydrogen (secondary N) is 1. The van der Waals surface area contributed by atoms with Crippen LogP contribution in [0.2, 0.25) is 5.02 Å². The van der Waals surface area contributed by atoms with E-state index in [0.29, 0.717) is 10.8 Å². The fraction of sp³-hybridized carbons (Fsp3) is 0.524. The molecule has 9 heteroatoms. The molecule has 1 aromatic carbocycles. The van der Waals surface area contributed by atoms with Gasteiger partial charge in [0.25, 0.3) is 0 Å². The predicted octanol–water partition coefficient (Wildman–Crippen LogP) is 3.77. The number of carbonyl (C=O) groups is 2. The molecule has 0 heterocycles. The Labute approximate surface area is 179 Å². The minimum absolute atomic E-state index is 0.0331. The van der Waals surface area contributed by atoms with Crippen molar-refractivity contribution in [1.29, 1.82) is 0 Å². The van der Waals surface area contributed by atoms with Gasteiger partial charge in [-0.05, 0) is 44.2 Å². The third kappa shape index (κ3) is 7.25. The molecular formula is C21H26ClF2NO5. The molecule has 1 aromatic rings. The van der Waals surface area contributed by atoms with E-state index in [1.807, 2.05) is 0 Å². The first kappa shape index (κ1) is 24.1. The average molecular weight is 446 g/mol. The summed E-state index contributed by atoms with van der Waals surface area (Å²) in [5.74, 6) is -1.00. The summed E-state index contributed by atoms with van der Waals surface area (Å²) in [6.07, 6.45) is -1.58. The van der Waals surface area contributed by atoms with Crippen LogP contribution in [0, 0.1) is 5.92 Å². The van der Waals surface area contributed by atoms with Crippen molar-refractivity contribution >= 4 is 23.5 Å². The van der Waals surface area contributed by atoms with Crippen LogP contribution >= 0.6 is 11.6 Å². The van der Waals surface area contributed by atoms with Gasteiger partial charge >= 0.3 is 11.9 Å². The van der Waals surface area contributed by atoms with Crippen molar-refractivity contribution < 1.29 is 32.6 Å². The lowest BCUT2D eigenvalue weighted by molar-refractivity contribution is -0.143. The number of halogens is 3. The van der Waals surface area contributed by atoms with Crippen molar-refractivity contribution in [3.63, 3.8) is 0 Å². The fourth-order valence-electron chi connectivity index (χ4n) is 3.28. The van der Waals surface area contributed by atoms with Crippen LogP contribution in [-0.2, 0) is 19.1 Å². The van der Waals surface area contributed by atoms with Crippen molar-refractivity contribution in [2.45, 2.75) is 44.6 Å². The zero-order chi connectivity index (χ0) is 22.1. The van der Waals surface area contributed by atoms with Gasteiger partial charge in [-0.2, -0.15) is 0 Å². The van der Waals surface area contributed by atoms with Crippen LogP contribution in [0.5, 0.6) is 5.75 Å². The Hall–Kier alpha value is -2.19. The molecule has 1 fully saturated rings. The average Bonchev–Trinajstić information content (AvgIpc) is 3.03. The Morgan fingerprint density at radius 1 is 1.27 bits per heavy atom. The van der Waals surface area contributed by atoms with Crippen LogP contribution in [0.3, 0.4) is 0 Å². The first-order valence-electron chi connectivity index (χ1n) is 9.73. The number of methoxy groups -OCH3 is 1. The number of para-hydroxylation sites is 1. The van der Waals surface area contributed by atoms with E-state index in [-0.39, 0.29) is 44.1 Å². The van der Waals surface area contributed by atoms with E-state index in [9.17, 15) is 18.4 Å². The van der Waals surface area contributed by atoms with Gasteiger partial charge in [0.1, 0.15) is 29.9 Å². The highest BCUT2D eigenvalue weighted by molar-refractivity contribution is 6.32. The zero-order valence-electron chi connectivity index (χ0n) is 16.9. The standard InChI is InChI=1S/C21H26ClF2NO5/c1-3-29-20(26)11-14(30-19-7-5-4-6-15(19)22)12-25-18(21(27)28-2)10-13-8-16(23)17(24)9-13/h4-7,11,13,16-18,25H,3,8-10,12H2,1-2H3/b14-11-/t13?,16-,17+,18?. The Morgan fingerprint density at radius 3 is 2.53 bits per heavy atom. The molecule has 0 aromatic heterocycles. The van der Waals surface area contributed by atoms with Crippen LogP contribution in [0.4, 0.5) is 8.78 Å². The van der Waals surface area contributed by atoms with E-state index >= 15 is 0 Å². The molecule has 0 aliphatic heterocycles. The molecule has 166 valence electrons. The van der Waals surface area contributed by atoms with Gasteiger partial charge in [-0.25, -0.2) is 13.6 Å². The minimum Gasteiger partial charge on any atom is -0.468 e. The minimum atomic E-state index is -1.52. The molecule has 1 aliphatic carbocycles. The monoisotopic (exact) mass is 445 g/mol. The fourth-order valence-corrected chi connectivity index (χ4v) is 3.46. The molecular weight excluding hydrogens is 420 g/mol. The van der Waals surface area contributed by atoms with Crippen LogP contribution in [0.1, 0.15) is 26.2 Å². The van der Waals surface area contributed by atoms with Crippen molar-refractivity contribution in [2.75, 3.05) is 20.3 Å². The van der Waals surface area contributed by atoms with Crippen molar-refractivity contribution in [3.05, 3.63) is 41.1 Å². The molecule has 6 nitrogen and oxygen atoms in total. The van der Waals surface area contributed by atoms with E-state index < -0.39 is 30.3 Å². The van der Waals surface area contributed by atoms with Crippen LogP contribution in [0.15, 0.2) is 36.1 Å². The van der Waals surface area contributed by atoms with E-state index in [1.165, 1.54) is 7.11 Å². The molecule has 1 N–H and O–H groups in total. The van der Waals surface area contributed by atoms with E-state index in [0.717, 1.165) is 6.08 Å². The molecule has 30 heavy (non-hydrogen) atoms. The molecule has 0 spiro atoms. The highest BCUT2D eigenvalue weighted by Gasteiger charge is 2.37. The van der Waals surface area contributed by atoms with Crippen molar-refractivity contribution in [1.82, 2.24) is 5.32 Å². The number of hydrogen-bond acceptors (Lipinski definition) is 6. The second kappa shape index (κ2) is 11.9. The maximum absolute atomic E-state index is 13.5. The third-order valence-electron chi connectivity index (χ3n) is 4.73. The molecule has 1 saturated carbocycles. The first-order chi connectivity index (χ1) is 14.3. The Bertz CT molecular complexity index is 751. The molecule has 4 atom stereocenters. The van der Waals surface area contributed by atoms with Gasteiger partial charge in [0.2, 0.25) is 0 Å². The quantitative estimate of drug-likeness (QED) is 0.336. The highest BCUT2D eigenvalue weighted by atomic mass is 35.5. The predicted molar refractivity (Wildman–Crippen MR) is 108 cm³/mol. The van der Waals surface area contributed by atoms with Crippen LogP contribution in [-0.4, -0.2) is 50.6 Å². The number of ether oxygens (including phenoxy) is 3. The van der Waals surface area contributed by atoms with Gasteiger partial charge in [-0.1, -0.05) is 23.7 Å². The number of benzene rings is 1. The van der Waals surface area contributed by atoms with E-state index in [4.69, 9.17) is 25.8 Å². The third-order valence-corrected chi connectivity index (χ3v) is 5.04. The van der Waals surface area contributed by atoms with Gasteiger partial charge < -0.3 is 14.2 Å². The molecule has 0 amide bonds. The Morgan fingerprint density at radius 2 is 1.93 bits per heavy atom. The lowest BCUT2D eigenvalue weighted by atomic mass is 9.98. The zero-order valence-corrected chi connectivity index (χ0v) is 17.7. The molecule has 0 saturated heterocycles. The summed E-state index contributed by atoms with van der Waals surface area (Å²) in [6, 6.07) is 5.88. The summed E-state index contributed by atoms with van der Waals surface area (Å²) < 4.78 is 42.5. The van der Waals surface area contributed by atoms with Crippen molar-refractivity contribution in [2.24, 2.45) is 5.92 Å². The number of esters is 2. The van der Waals surface area contributed by atoms with Crippen molar-refractivity contribution in [3.8, 4) is 5.75 Å². The number of alkyl halides is 2. The van der Waals surface area contributed by atoms with Gasteiger partial charge in [-0.3, -0.25) is 10.1 Å². The molecule has 0 radical (unpaired) electrons. The van der Waals surface area contributed by atoms with E-state index in [2.05, 4.69) is 5.32 Å². The smallest absolute Gasteiger partial charge is 0.334 e. The summed E-state index contributed by atoms with van der Waals surface area (Å²) in [7, 11) is 1.23. The molecule has 2 rings (SSSR count). The first-order valence-corrected chi connectivity index (χ1v) is 10.1. The summed E-state index contributed by atoms with van der Waals surface area (Å²) in [5, 5.41) is 3.29. The second-order valence-corrected chi connectivity index (χ2v) is 7.36. The number of hydrogen-bond donors (Lipinski definition) is 1. The van der Waals surface area contributed by atoms with Crippen LogP contribution < -0.4 is 10.1 Å². The number of carbonyl (C=O) groups excluding carboxylic acids is 2. The number of rotatable bonds is 10. The summed E-state index contributed by atoms with van der Waals surface area (Å²) >= 11 is 6.11. The summed E-state index contributed by atoms with van der Waals surface area (Å²) in [5.41, 5.74) is 0. The maximum Gasteiger partial charge on any atom is 0.334 e. The highest BCUT2D eigenvalue weighted by Crippen LogP contribution is 2.34. The largest absolute Gasteiger partial charge is 0.468 e. The molecule has 1 aliphatic rings. The topological polar surface area (TPSA) is 73.9 Å². The molecule has 2 unspecified atom stereocenters. The Balaban J connectivity index is 2.10. The summed E-state index contributed by atoms with van der Waals surface area (Å²) in [6.45, 7) is 1.82.